The van der Waals surface area contributed by atoms with E-state index in [0.717, 1.165) is 37.8 Å². The van der Waals surface area contributed by atoms with Crippen molar-refractivity contribution in [3.05, 3.63) is 124 Å². The van der Waals surface area contributed by atoms with Gasteiger partial charge in [0.1, 0.15) is 6.17 Å². The zero-order chi connectivity index (χ0) is 24.5. The first-order chi connectivity index (χ1) is 17.7. The minimum Gasteiger partial charge on any atom is -0.399 e. The van der Waals surface area contributed by atoms with Gasteiger partial charge in [0.2, 0.25) is 0 Å². The highest BCUT2D eigenvalue weighted by Crippen LogP contribution is 2.40. The van der Waals surface area contributed by atoms with E-state index < -0.39 is 0 Å². The molecule has 4 aliphatic rings. The van der Waals surface area contributed by atoms with Crippen molar-refractivity contribution in [2.75, 3.05) is 0 Å². The van der Waals surface area contributed by atoms with Crippen LogP contribution in [-0.2, 0) is 0 Å². The zero-order valence-electron chi connectivity index (χ0n) is 21.0. The third kappa shape index (κ3) is 4.22. The summed E-state index contributed by atoms with van der Waals surface area (Å²) >= 11 is 0. The van der Waals surface area contributed by atoms with Crippen molar-refractivity contribution in [2.24, 2.45) is 22.6 Å². The van der Waals surface area contributed by atoms with E-state index in [1.54, 1.807) is 0 Å². The largest absolute Gasteiger partial charge is 0.399 e. The summed E-state index contributed by atoms with van der Waals surface area (Å²) in [5.74, 6) is 0.683. The fourth-order valence-electron chi connectivity index (χ4n) is 6.39. The summed E-state index contributed by atoms with van der Waals surface area (Å²) in [6, 6.07) is 19.7. The molecular formula is C33H35N3. The molecule has 1 heterocycles. The quantitative estimate of drug-likeness (QED) is 0.490. The van der Waals surface area contributed by atoms with Crippen LogP contribution in [0.1, 0.15) is 61.8 Å². The molecule has 3 unspecified atom stereocenters. The molecule has 182 valence electrons. The number of fused-ring (bicyclic) bond motifs is 3. The second-order valence-electron chi connectivity index (χ2n) is 10.3. The van der Waals surface area contributed by atoms with Crippen molar-refractivity contribution in [1.82, 2.24) is 5.32 Å². The Morgan fingerprint density at radius 2 is 1.81 bits per heavy atom. The second-order valence-corrected chi connectivity index (χ2v) is 10.3. The van der Waals surface area contributed by atoms with Crippen molar-refractivity contribution in [3.8, 4) is 0 Å². The standard InChI is InChI=1S/C33H35N3/c1-2-26(28-14-8-9-15-30(28)34)23-16-18-25(19-17-23)33-35-31(24-11-4-3-5-12-24)29-21-20-22-10-6-7-13-27(22)32(29)36-33/h3-7,9-13,15-16,18,20-21,26,29,32-33,36H,2,8,14,17,19,34H2,1H3/t26-,29?,32?,33?/m0/s1. The number of rotatable bonds is 5. The summed E-state index contributed by atoms with van der Waals surface area (Å²) in [4.78, 5) is 5.34. The van der Waals surface area contributed by atoms with Gasteiger partial charge in [-0.3, -0.25) is 10.3 Å². The Morgan fingerprint density at radius 1 is 0.972 bits per heavy atom. The van der Waals surface area contributed by atoms with Gasteiger partial charge in [-0.1, -0.05) is 97.5 Å². The number of allylic oxidation sites excluding steroid dienone is 6. The van der Waals surface area contributed by atoms with Gasteiger partial charge in [0, 0.05) is 23.6 Å². The van der Waals surface area contributed by atoms with E-state index >= 15 is 0 Å². The van der Waals surface area contributed by atoms with Crippen LogP contribution in [0.2, 0.25) is 0 Å². The fourth-order valence-corrected chi connectivity index (χ4v) is 6.39. The third-order valence-corrected chi connectivity index (χ3v) is 8.25. The Hall–Kier alpha value is -3.43. The topological polar surface area (TPSA) is 50.4 Å². The maximum Gasteiger partial charge on any atom is 0.122 e. The van der Waals surface area contributed by atoms with E-state index in [9.17, 15) is 0 Å². The molecule has 1 aliphatic heterocycles. The minimum atomic E-state index is -0.0132. The maximum atomic E-state index is 6.40. The molecule has 3 nitrogen and oxygen atoms in total. The highest BCUT2D eigenvalue weighted by atomic mass is 15.1. The summed E-state index contributed by atoms with van der Waals surface area (Å²) in [6.45, 7) is 2.29. The molecule has 3 N–H and O–H groups in total. The average Bonchev–Trinajstić information content (AvgIpc) is 2.94. The SMILES string of the molecule is CC[C@@H](C1=CC=C(C2N=C(c3ccccc3)C3C=Cc4ccccc4C3N2)CC1)C1=C(N)C=CCC1. The molecule has 0 spiro atoms. The summed E-state index contributed by atoms with van der Waals surface area (Å²) in [5, 5.41) is 3.93. The number of nitrogens with zero attached hydrogens (tertiary/aromatic N) is 1. The Morgan fingerprint density at radius 3 is 2.58 bits per heavy atom. The van der Waals surface area contributed by atoms with Crippen molar-refractivity contribution >= 4 is 11.8 Å². The minimum absolute atomic E-state index is 0.0132. The third-order valence-electron chi connectivity index (χ3n) is 8.25. The van der Waals surface area contributed by atoms with Crippen LogP contribution in [0.3, 0.4) is 0 Å². The molecule has 2 aromatic carbocycles. The molecule has 3 aliphatic carbocycles. The van der Waals surface area contributed by atoms with Gasteiger partial charge in [-0.05, 0) is 66.0 Å². The smallest absolute Gasteiger partial charge is 0.122 e. The molecule has 0 radical (unpaired) electrons. The van der Waals surface area contributed by atoms with E-state index in [1.807, 2.05) is 0 Å². The predicted octanol–water partition coefficient (Wildman–Crippen LogP) is 7.02. The lowest BCUT2D eigenvalue weighted by Crippen LogP contribution is -2.45. The Bertz CT molecular complexity index is 1320. The van der Waals surface area contributed by atoms with E-state index in [-0.39, 0.29) is 18.1 Å². The Balaban J connectivity index is 1.35. The summed E-state index contributed by atoms with van der Waals surface area (Å²) in [5.41, 5.74) is 16.8. The van der Waals surface area contributed by atoms with Crippen LogP contribution in [0.4, 0.5) is 0 Å². The monoisotopic (exact) mass is 473 g/mol. The summed E-state index contributed by atoms with van der Waals surface area (Å²) in [7, 11) is 0. The maximum absolute atomic E-state index is 6.40. The van der Waals surface area contributed by atoms with Gasteiger partial charge in [0.25, 0.3) is 0 Å². The molecule has 0 aromatic heterocycles. The molecule has 36 heavy (non-hydrogen) atoms. The number of nitrogens with two attached hydrogens (primary N) is 1. The van der Waals surface area contributed by atoms with Crippen LogP contribution >= 0.6 is 0 Å². The molecular weight excluding hydrogens is 438 g/mol. The molecule has 3 heteroatoms. The molecule has 0 bridgehead atoms. The average molecular weight is 474 g/mol. The van der Waals surface area contributed by atoms with Crippen LogP contribution in [-0.4, -0.2) is 11.9 Å². The van der Waals surface area contributed by atoms with Crippen molar-refractivity contribution in [3.63, 3.8) is 0 Å². The first kappa shape index (κ1) is 23.0. The van der Waals surface area contributed by atoms with E-state index in [2.05, 4.69) is 103 Å². The van der Waals surface area contributed by atoms with Gasteiger partial charge in [0.05, 0.1) is 5.71 Å². The van der Waals surface area contributed by atoms with E-state index in [0.29, 0.717) is 5.92 Å². The number of hydrogen-bond acceptors (Lipinski definition) is 3. The number of aliphatic imine (C=N–C) groups is 1. The van der Waals surface area contributed by atoms with Gasteiger partial charge < -0.3 is 5.73 Å². The molecule has 0 fully saturated rings. The Kier molecular flexibility index (Phi) is 6.33. The van der Waals surface area contributed by atoms with Crippen LogP contribution in [0.15, 0.2) is 112 Å². The molecule has 6 rings (SSSR count). The highest BCUT2D eigenvalue weighted by Gasteiger charge is 2.37. The van der Waals surface area contributed by atoms with Gasteiger partial charge in [-0.25, -0.2) is 0 Å². The Labute approximate surface area is 214 Å². The van der Waals surface area contributed by atoms with Crippen LogP contribution in [0, 0.1) is 11.8 Å². The molecule has 0 saturated carbocycles. The predicted molar refractivity (Wildman–Crippen MR) is 150 cm³/mol. The molecule has 0 saturated heterocycles. The van der Waals surface area contributed by atoms with Crippen LogP contribution < -0.4 is 11.1 Å². The number of hydrogen-bond donors (Lipinski definition) is 2. The van der Waals surface area contributed by atoms with E-state index in [1.165, 1.54) is 39.1 Å². The van der Waals surface area contributed by atoms with Gasteiger partial charge in [0.15, 0.2) is 0 Å². The lowest BCUT2D eigenvalue weighted by Gasteiger charge is -2.39. The highest BCUT2D eigenvalue weighted by molar-refractivity contribution is 6.05. The van der Waals surface area contributed by atoms with Crippen molar-refractivity contribution in [2.45, 2.75) is 51.2 Å². The van der Waals surface area contributed by atoms with Crippen molar-refractivity contribution in [1.29, 1.82) is 0 Å². The molecule has 0 amide bonds. The number of nitrogens with one attached hydrogen (secondary N) is 1. The first-order valence-corrected chi connectivity index (χ1v) is 13.4. The van der Waals surface area contributed by atoms with Gasteiger partial charge in [-0.15, -0.1) is 0 Å². The van der Waals surface area contributed by atoms with Gasteiger partial charge in [-0.2, -0.15) is 0 Å². The van der Waals surface area contributed by atoms with E-state index in [4.69, 9.17) is 10.7 Å². The van der Waals surface area contributed by atoms with Crippen LogP contribution in [0.25, 0.3) is 6.08 Å². The normalized spacial score (nSPS) is 25.9. The fraction of sp³-hybridized carbons (Fsp3) is 0.303. The van der Waals surface area contributed by atoms with Crippen LogP contribution in [0.5, 0.6) is 0 Å². The van der Waals surface area contributed by atoms with Crippen molar-refractivity contribution < 1.29 is 0 Å². The number of benzene rings is 2. The van der Waals surface area contributed by atoms with Gasteiger partial charge >= 0.3 is 0 Å². The second kappa shape index (κ2) is 9.91. The molecule has 2 aromatic rings. The first-order valence-electron chi connectivity index (χ1n) is 13.4. The lowest BCUT2D eigenvalue weighted by atomic mass is 9.77. The summed E-state index contributed by atoms with van der Waals surface area (Å²) < 4.78 is 0. The summed E-state index contributed by atoms with van der Waals surface area (Å²) in [6.07, 6.45) is 19.0. The lowest BCUT2D eigenvalue weighted by molar-refractivity contribution is 0.410. The molecule has 4 atom stereocenters. The zero-order valence-corrected chi connectivity index (χ0v) is 21.0.